The van der Waals surface area contributed by atoms with Crippen molar-refractivity contribution >= 4 is 5.91 Å². The maximum Gasteiger partial charge on any atom is 0.387 e. The number of para-hydroxylation sites is 1. The minimum Gasteiger partial charge on any atom is -0.434 e. The molecule has 0 aliphatic rings. The molecule has 6 heteroatoms. The van der Waals surface area contributed by atoms with Gasteiger partial charge in [0.05, 0.1) is 0 Å². The van der Waals surface area contributed by atoms with Crippen LogP contribution in [0, 0.1) is 0 Å². The standard InChI is InChI=1S/C12H16F2N2O2/c1-2-7-16-10(11(15)17)8-5-3-4-6-9(8)18-12(13)14/h3-6,10,12,16H,2,7H2,1H3,(H2,15,17). The smallest absolute Gasteiger partial charge is 0.387 e. The Morgan fingerprint density at radius 3 is 2.67 bits per heavy atom. The molecule has 100 valence electrons. The molecular formula is C12H16F2N2O2. The molecule has 1 aromatic carbocycles. The normalized spacial score (nSPS) is 12.4. The van der Waals surface area contributed by atoms with Crippen molar-refractivity contribution < 1.29 is 18.3 Å². The second-order valence-electron chi connectivity index (χ2n) is 3.71. The van der Waals surface area contributed by atoms with Gasteiger partial charge in [0.1, 0.15) is 11.8 Å². The number of primary amides is 1. The molecule has 4 nitrogen and oxygen atoms in total. The highest BCUT2D eigenvalue weighted by molar-refractivity contribution is 5.82. The highest BCUT2D eigenvalue weighted by Crippen LogP contribution is 2.26. The van der Waals surface area contributed by atoms with Gasteiger partial charge in [0.25, 0.3) is 0 Å². The van der Waals surface area contributed by atoms with Crippen LogP contribution in [0.5, 0.6) is 5.75 Å². The van der Waals surface area contributed by atoms with E-state index in [1.165, 1.54) is 12.1 Å². The summed E-state index contributed by atoms with van der Waals surface area (Å²) in [6.07, 6.45) is 0.793. The Morgan fingerprint density at radius 2 is 2.11 bits per heavy atom. The lowest BCUT2D eigenvalue weighted by Crippen LogP contribution is -2.34. The SMILES string of the molecule is CCCNC(C(N)=O)c1ccccc1OC(F)F. The number of benzene rings is 1. The van der Waals surface area contributed by atoms with Gasteiger partial charge in [0, 0.05) is 5.56 Å². The zero-order chi connectivity index (χ0) is 13.5. The Labute approximate surface area is 104 Å². The van der Waals surface area contributed by atoms with Gasteiger partial charge < -0.3 is 15.8 Å². The molecule has 1 aromatic rings. The van der Waals surface area contributed by atoms with Crippen molar-refractivity contribution in [1.29, 1.82) is 0 Å². The lowest BCUT2D eigenvalue weighted by atomic mass is 10.1. The number of amides is 1. The van der Waals surface area contributed by atoms with Gasteiger partial charge in [0.15, 0.2) is 0 Å². The number of ether oxygens (including phenoxy) is 1. The Balaban J connectivity index is 2.99. The van der Waals surface area contributed by atoms with Gasteiger partial charge in [-0.2, -0.15) is 8.78 Å². The summed E-state index contributed by atoms with van der Waals surface area (Å²) in [5, 5.41) is 2.90. The van der Waals surface area contributed by atoms with Crippen LogP contribution in [0.25, 0.3) is 0 Å². The van der Waals surface area contributed by atoms with Gasteiger partial charge in [-0.1, -0.05) is 25.1 Å². The molecule has 0 saturated heterocycles. The molecule has 1 amide bonds. The first-order valence-corrected chi connectivity index (χ1v) is 5.62. The van der Waals surface area contributed by atoms with Crippen molar-refractivity contribution in [2.24, 2.45) is 5.73 Å². The second kappa shape index (κ2) is 6.90. The minimum absolute atomic E-state index is 0.0418. The van der Waals surface area contributed by atoms with Crippen LogP contribution >= 0.6 is 0 Å². The van der Waals surface area contributed by atoms with Crippen LogP contribution in [0.3, 0.4) is 0 Å². The lowest BCUT2D eigenvalue weighted by Gasteiger charge is -2.18. The number of carbonyl (C=O) groups excluding carboxylic acids is 1. The van der Waals surface area contributed by atoms with Crippen LogP contribution in [0.4, 0.5) is 8.78 Å². The summed E-state index contributed by atoms with van der Waals surface area (Å²) in [5.74, 6) is -0.673. The summed E-state index contributed by atoms with van der Waals surface area (Å²) in [4.78, 5) is 11.4. The van der Waals surface area contributed by atoms with Gasteiger partial charge in [-0.3, -0.25) is 4.79 Å². The third-order valence-electron chi connectivity index (χ3n) is 2.33. The summed E-state index contributed by atoms with van der Waals surface area (Å²) in [6.45, 7) is -0.464. The van der Waals surface area contributed by atoms with E-state index >= 15 is 0 Å². The average molecular weight is 258 g/mol. The number of hydrogen-bond acceptors (Lipinski definition) is 3. The van der Waals surface area contributed by atoms with Crippen LogP contribution in [-0.4, -0.2) is 19.1 Å². The molecule has 0 saturated carbocycles. The van der Waals surface area contributed by atoms with E-state index in [1.807, 2.05) is 6.92 Å². The molecule has 1 unspecified atom stereocenters. The van der Waals surface area contributed by atoms with Crippen molar-refractivity contribution in [3.63, 3.8) is 0 Å². The summed E-state index contributed by atoms with van der Waals surface area (Å²) in [5.41, 5.74) is 5.58. The van der Waals surface area contributed by atoms with Gasteiger partial charge in [-0.25, -0.2) is 0 Å². The van der Waals surface area contributed by atoms with E-state index in [9.17, 15) is 13.6 Å². The predicted molar refractivity (Wildman–Crippen MR) is 63.3 cm³/mol. The van der Waals surface area contributed by atoms with Gasteiger partial charge in [-0.15, -0.1) is 0 Å². The highest BCUT2D eigenvalue weighted by atomic mass is 19.3. The van der Waals surface area contributed by atoms with Crippen molar-refractivity contribution in [3.8, 4) is 5.75 Å². The van der Waals surface area contributed by atoms with E-state index in [-0.39, 0.29) is 5.75 Å². The maximum atomic E-state index is 12.3. The monoisotopic (exact) mass is 258 g/mol. The number of hydrogen-bond donors (Lipinski definition) is 2. The molecule has 0 bridgehead atoms. The summed E-state index contributed by atoms with van der Waals surface area (Å²) in [7, 11) is 0. The molecule has 0 aliphatic carbocycles. The molecule has 0 aromatic heterocycles. The highest BCUT2D eigenvalue weighted by Gasteiger charge is 2.21. The molecule has 1 rings (SSSR count). The van der Waals surface area contributed by atoms with E-state index in [1.54, 1.807) is 12.1 Å². The van der Waals surface area contributed by atoms with Gasteiger partial charge in [0.2, 0.25) is 5.91 Å². The van der Waals surface area contributed by atoms with Crippen molar-refractivity contribution in [2.45, 2.75) is 26.0 Å². The zero-order valence-electron chi connectivity index (χ0n) is 10.0. The second-order valence-corrected chi connectivity index (χ2v) is 3.71. The summed E-state index contributed by atoms with van der Waals surface area (Å²) < 4.78 is 28.9. The number of carbonyl (C=O) groups is 1. The molecule has 0 radical (unpaired) electrons. The van der Waals surface area contributed by atoms with E-state index in [2.05, 4.69) is 10.1 Å². The molecule has 0 spiro atoms. The minimum atomic E-state index is -2.94. The summed E-state index contributed by atoms with van der Waals surface area (Å²) in [6, 6.07) is 5.27. The Morgan fingerprint density at radius 1 is 1.44 bits per heavy atom. The lowest BCUT2D eigenvalue weighted by molar-refractivity contribution is -0.120. The van der Waals surface area contributed by atoms with E-state index in [0.29, 0.717) is 12.1 Å². The fraction of sp³-hybridized carbons (Fsp3) is 0.417. The zero-order valence-corrected chi connectivity index (χ0v) is 10.0. The molecule has 3 N–H and O–H groups in total. The topological polar surface area (TPSA) is 64.3 Å². The molecule has 0 heterocycles. The van der Waals surface area contributed by atoms with Crippen molar-refractivity contribution in [1.82, 2.24) is 5.32 Å². The van der Waals surface area contributed by atoms with E-state index in [4.69, 9.17) is 5.73 Å². The third kappa shape index (κ3) is 3.96. The van der Waals surface area contributed by atoms with Crippen LogP contribution < -0.4 is 15.8 Å². The van der Waals surface area contributed by atoms with Crippen LogP contribution in [0.15, 0.2) is 24.3 Å². The first-order valence-electron chi connectivity index (χ1n) is 5.62. The Bertz CT molecular complexity index is 399. The van der Waals surface area contributed by atoms with E-state index in [0.717, 1.165) is 6.42 Å². The first kappa shape index (κ1) is 14.4. The van der Waals surface area contributed by atoms with E-state index < -0.39 is 18.6 Å². The van der Waals surface area contributed by atoms with Gasteiger partial charge >= 0.3 is 6.61 Å². The Hall–Kier alpha value is -1.69. The quantitative estimate of drug-likeness (QED) is 0.784. The first-order chi connectivity index (χ1) is 8.56. The van der Waals surface area contributed by atoms with Crippen LogP contribution in [0.1, 0.15) is 24.9 Å². The number of alkyl halides is 2. The number of nitrogens with two attached hydrogens (primary N) is 1. The molecule has 0 aliphatic heterocycles. The maximum absolute atomic E-state index is 12.3. The average Bonchev–Trinajstić information content (AvgIpc) is 2.30. The number of halogens is 2. The fourth-order valence-electron chi connectivity index (χ4n) is 1.57. The molecular weight excluding hydrogens is 242 g/mol. The number of nitrogens with one attached hydrogen (secondary N) is 1. The molecule has 0 fully saturated rings. The molecule has 18 heavy (non-hydrogen) atoms. The van der Waals surface area contributed by atoms with Crippen LogP contribution in [0.2, 0.25) is 0 Å². The Kier molecular flexibility index (Phi) is 5.51. The molecule has 1 atom stereocenters. The predicted octanol–water partition coefficient (Wildman–Crippen LogP) is 1.81. The summed E-state index contributed by atoms with van der Waals surface area (Å²) >= 11 is 0. The van der Waals surface area contributed by atoms with Gasteiger partial charge in [-0.05, 0) is 19.0 Å². The van der Waals surface area contributed by atoms with Crippen molar-refractivity contribution in [3.05, 3.63) is 29.8 Å². The van der Waals surface area contributed by atoms with Crippen molar-refractivity contribution in [2.75, 3.05) is 6.54 Å². The fourth-order valence-corrected chi connectivity index (χ4v) is 1.57. The van der Waals surface area contributed by atoms with Crippen LogP contribution in [-0.2, 0) is 4.79 Å². The number of rotatable bonds is 7. The largest absolute Gasteiger partial charge is 0.434 e. The third-order valence-corrected chi connectivity index (χ3v) is 2.33.